The van der Waals surface area contributed by atoms with Gasteiger partial charge in [0.05, 0.1) is 11.9 Å². The molecular weight excluding hydrogens is 236 g/mol. The highest BCUT2D eigenvalue weighted by molar-refractivity contribution is 5.92. The second-order valence-electron chi connectivity index (χ2n) is 6.15. The first-order chi connectivity index (χ1) is 9.19. The van der Waals surface area contributed by atoms with Crippen molar-refractivity contribution in [2.75, 3.05) is 18.0 Å². The number of carbonyl (C=O) groups excluding carboxylic acids is 1. The molecule has 1 aromatic rings. The van der Waals surface area contributed by atoms with E-state index in [0.717, 1.165) is 18.8 Å². The molecule has 1 aliphatic heterocycles. The summed E-state index contributed by atoms with van der Waals surface area (Å²) in [5, 5.41) is 0. The number of nitrogens with zero attached hydrogens (tertiary/aromatic N) is 2. The Bertz CT molecular complexity index is 450. The van der Waals surface area contributed by atoms with Crippen molar-refractivity contribution in [1.82, 2.24) is 4.98 Å². The molecule has 2 aliphatic rings. The highest BCUT2D eigenvalue weighted by Gasteiger charge is 2.36. The van der Waals surface area contributed by atoms with Gasteiger partial charge in [-0.25, -0.2) is 0 Å². The van der Waals surface area contributed by atoms with E-state index in [0.29, 0.717) is 11.1 Å². The minimum atomic E-state index is 0.0371. The maximum Gasteiger partial charge on any atom is 0.178 e. The lowest BCUT2D eigenvalue weighted by atomic mass is 9.77. The Balaban J connectivity index is 1.66. The van der Waals surface area contributed by atoms with Crippen LogP contribution in [0.2, 0.25) is 0 Å². The zero-order chi connectivity index (χ0) is 13.3. The molecule has 1 spiro atoms. The molecule has 0 bridgehead atoms. The zero-order valence-corrected chi connectivity index (χ0v) is 11.7. The molecule has 3 rings (SSSR count). The van der Waals surface area contributed by atoms with Gasteiger partial charge in [0.15, 0.2) is 5.78 Å². The monoisotopic (exact) mass is 258 g/mol. The molecule has 1 saturated carbocycles. The first-order valence-corrected chi connectivity index (χ1v) is 7.41. The average molecular weight is 258 g/mol. The average Bonchev–Trinajstić information content (AvgIpc) is 2.88. The number of carbonyl (C=O) groups is 1. The Kier molecular flexibility index (Phi) is 3.29. The van der Waals surface area contributed by atoms with E-state index in [1.165, 1.54) is 38.5 Å². The molecule has 1 saturated heterocycles. The van der Waals surface area contributed by atoms with Crippen molar-refractivity contribution in [3.63, 3.8) is 0 Å². The summed E-state index contributed by atoms with van der Waals surface area (Å²) in [7, 11) is 0. The van der Waals surface area contributed by atoms with Gasteiger partial charge in [-0.3, -0.25) is 9.78 Å². The van der Waals surface area contributed by atoms with Crippen LogP contribution >= 0.6 is 0 Å². The van der Waals surface area contributed by atoms with Crippen LogP contribution in [0.25, 0.3) is 0 Å². The predicted octanol–water partition coefficient (Wildman–Crippen LogP) is 3.44. The molecule has 1 aromatic heterocycles. The Hall–Kier alpha value is -1.38. The van der Waals surface area contributed by atoms with Crippen LogP contribution in [0.5, 0.6) is 0 Å². The SMILES string of the molecule is CC(=O)c1ccc(N2CCC3(CCCC3)CC2)cn1. The van der Waals surface area contributed by atoms with Crippen molar-refractivity contribution >= 4 is 11.5 Å². The van der Waals surface area contributed by atoms with Crippen LogP contribution in [-0.4, -0.2) is 23.9 Å². The molecule has 2 fully saturated rings. The molecule has 0 atom stereocenters. The molecule has 0 amide bonds. The summed E-state index contributed by atoms with van der Waals surface area (Å²) in [6, 6.07) is 3.88. The molecule has 3 heteroatoms. The van der Waals surface area contributed by atoms with Gasteiger partial charge in [0.25, 0.3) is 0 Å². The highest BCUT2D eigenvalue weighted by atomic mass is 16.1. The normalized spacial score (nSPS) is 21.8. The van der Waals surface area contributed by atoms with Crippen molar-refractivity contribution in [2.45, 2.75) is 45.4 Å². The molecule has 0 radical (unpaired) electrons. The van der Waals surface area contributed by atoms with Crippen LogP contribution in [0.1, 0.15) is 55.9 Å². The fourth-order valence-electron chi connectivity index (χ4n) is 3.65. The second kappa shape index (κ2) is 4.95. The van der Waals surface area contributed by atoms with Gasteiger partial charge in [-0.15, -0.1) is 0 Å². The first-order valence-electron chi connectivity index (χ1n) is 7.41. The van der Waals surface area contributed by atoms with Gasteiger partial charge in [-0.05, 0) is 43.2 Å². The minimum Gasteiger partial charge on any atom is -0.370 e. The van der Waals surface area contributed by atoms with Gasteiger partial charge in [0, 0.05) is 20.0 Å². The van der Waals surface area contributed by atoms with E-state index in [-0.39, 0.29) is 5.78 Å². The molecule has 0 N–H and O–H groups in total. The van der Waals surface area contributed by atoms with Gasteiger partial charge in [0.2, 0.25) is 0 Å². The number of aromatic nitrogens is 1. The third-order valence-corrected chi connectivity index (χ3v) is 4.96. The quantitative estimate of drug-likeness (QED) is 0.762. The number of piperidine rings is 1. The Labute approximate surface area is 115 Å². The van der Waals surface area contributed by atoms with Crippen LogP contribution in [0.3, 0.4) is 0 Å². The number of pyridine rings is 1. The number of Topliss-reactive ketones (excluding diaryl/α,β-unsaturated/α-hetero) is 1. The van der Waals surface area contributed by atoms with Crippen LogP contribution in [0.15, 0.2) is 18.3 Å². The maximum absolute atomic E-state index is 11.2. The van der Waals surface area contributed by atoms with E-state index >= 15 is 0 Å². The van der Waals surface area contributed by atoms with Gasteiger partial charge in [0.1, 0.15) is 5.69 Å². The largest absolute Gasteiger partial charge is 0.370 e. The molecule has 102 valence electrons. The molecule has 1 aliphatic carbocycles. The van der Waals surface area contributed by atoms with Gasteiger partial charge < -0.3 is 4.90 Å². The van der Waals surface area contributed by atoms with E-state index in [9.17, 15) is 4.79 Å². The van der Waals surface area contributed by atoms with Crippen molar-refractivity contribution in [1.29, 1.82) is 0 Å². The summed E-state index contributed by atoms with van der Waals surface area (Å²) in [4.78, 5) is 17.9. The lowest BCUT2D eigenvalue weighted by molar-refractivity contribution is 0.101. The van der Waals surface area contributed by atoms with E-state index < -0.39 is 0 Å². The molecule has 0 unspecified atom stereocenters. The molecule has 3 nitrogen and oxygen atoms in total. The standard InChI is InChI=1S/C16H22N2O/c1-13(19)15-5-4-14(12-17-15)18-10-8-16(9-11-18)6-2-3-7-16/h4-5,12H,2-3,6-11H2,1H3. The maximum atomic E-state index is 11.2. The Morgan fingerprint density at radius 3 is 2.37 bits per heavy atom. The fourth-order valence-corrected chi connectivity index (χ4v) is 3.65. The third kappa shape index (κ3) is 2.51. The van der Waals surface area contributed by atoms with Crippen LogP contribution in [-0.2, 0) is 0 Å². The van der Waals surface area contributed by atoms with Gasteiger partial charge >= 0.3 is 0 Å². The summed E-state index contributed by atoms with van der Waals surface area (Å²) < 4.78 is 0. The van der Waals surface area contributed by atoms with Crippen molar-refractivity contribution in [3.05, 3.63) is 24.0 Å². The summed E-state index contributed by atoms with van der Waals surface area (Å²) in [6.07, 6.45) is 10.2. The minimum absolute atomic E-state index is 0.0371. The third-order valence-electron chi connectivity index (χ3n) is 4.96. The van der Waals surface area contributed by atoms with Crippen LogP contribution in [0.4, 0.5) is 5.69 Å². The number of anilines is 1. The Morgan fingerprint density at radius 2 is 1.84 bits per heavy atom. The summed E-state index contributed by atoms with van der Waals surface area (Å²) >= 11 is 0. The lowest BCUT2D eigenvalue weighted by Gasteiger charge is -2.40. The smallest absolute Gasteiger partial charge is 0.178 e. The summed E-state index contributed by atoms with van der Waals surface area (Å²) in [6.45, 7) is 3.84. The van der Waals surface area contributed by atoms with Crippen molar-refractivity contribution < 1.29 is 4.79 Å². The first kappa shape index (κ1) is 12.6. The van der Waals surface area contributed by atoms with E-state index in [2.05, 4.69) is 9.88 Å². The van der Waals surface area contributed by atoms with E-state index in [4.69, 9.17) is 0 Å². The number of hydrogen-bond acceptors (Lipinski definition) is 3. The van der Waals surface area contributed by atoms with Crippen molar-refractivity contribution in [3.8, 4) is 0 Å². The Morgan fingerprint density at radius 1 is 1.16 bits per heavy atom. The number of ketones is 1. The topological polar surface area (TPSA) is 33.2 Å². The predicted molar refractivity (Wildman–Crippen MR) is 76.6 cm³/mol. The van der Waals surface area contributed by atoms with E-state index in [1.54, 1.807) is 6.92 Å². The number of rotatable bonds is 2. The zero-order valence-electron chi connectivity index (χ0n) is 11.7. The molecule has 2 heterocycles. The van der Waals surface area contributed by atoms with Crippen molar-refractivity contribution in [2.24, 2.45) is 5.41 Å². The summed E-state index contributed by atoms with van der Waals surface area (Å²) in [5.41, 5.74) is 2.38. The van der Waals surface area contributed by atoms with Gasteiger partial charge in [-0.1, -0.05) is 12.8 Å². The highest BCUT2D eigenvalue weighted by Crippen LogP contribution is 2.46. The number of hydrogen-bond donors (Lipinski definition) is 0. The lowest BCUT2D eigenvalue weighted by Crippen LogP contribution is -2.38. The van der Waals surface area contributed by atoms with E-state index in [1.807, 2.05) is 18.3 Å². The molecule has 0 aromatic carbocycles. The van der Waals surface area contributed by atoms with Crippen LogP contribution in [0, 0.1) is 5.41 Å². The second-order valence-corrected chi connectivity index (χ2v) is 6.15. The van der Waals surface area contributed by atoms with Crippen LogP contribution < -0.4 is 4.90 Å². The molecule has 19 heavy (non-hydrogen) atoms. The molecular formula is C16H22N2O. The fraction of sp³-hybridized carbons (Fsp3) is 0.625. The van der Waals surface area contributed by atoms with Gasteiger partial charge in [-0.2, -0.15) is 0 Å². The summed E-state index contributed by atoms with van der Waals surface area (Å²) in [5.74, 6) is 0.0371.